The molecule has 3 aromatic rings. The number of fused-ring (bicyclic) bond motifs is 1. The zero-order chi connectivity index (χ0) is 17.5. The van der Waals surface area contributed by atoms with Crippen LogP contribution in [-0.2, 0) is 13.0 Å². The number of hydrogen-bond donors (Lipinski definition) is 0. The minimum atomic E-state index is 0.485. The Balaban J connectivity index is 1.56. The molecule has 128 valence electrons. The van der Waals surface area contributed by atoms with Crippen LogP contribution in [0.4, 0.5) is 0 Å². The van der Waals surface area contributed by atoms with Crippen molar-refractivity contribution in [2.75, 3.05) is 6.61 Å². The number of rotatable bonds is 9. The lowest BCUT2D eigenvalue weighted by molar-refractivity contribution is 0.111. The number of para-hydroxylation sites is 3. The van der Waals surface area contributed by atoms with E-state index in [1.165, 1.54) is 0 Å². The van der Waals surface area contributed by atoms with Crippen LogP contribution in [-0.4, -0.2) is 22.4 Å². The molecule has 0 spiro atoms. The summed E-state index contributed by atoms with van der Waals surface area (Å²) >= 11 is 0. The highest BCUT2D eigenvalue weighted by Gasteiger charge is 2.09. The fraction of sp³-hybridized carbons (Fsp3) is 0.238. The highest BCUT2D eigenvalue weighted by atomic mass is 16.5. The van der Waals surface area contributed by atoms with E-state index in [0.29, 0.717) is 12.4 Å². The molecule has 4 nitrogen and oxygen atoms in total. The Kier molecular flexibility index (Phi) is 5.62. The average molecular weight is 334 g/mol. The number of allylic oxidation sites excluding steroid dienone is 1. The Hall–Kier alpha value is -2.88. The van der Waals surface area contributed by atoms with Gasteiger partial charge >= 0.3 is 0 Å². The molecular weight excluding hydrogens is 312 g/mol. The molecule has 0 amide bonds. The highest BCUT2D eigenvalue weighted by molar-refractivity contribution is 5.82. The van der Waals surface area contributed by atoms with Crippen LogP contribution in [0.15, 0.2) is 61.2 Å². The summed E-state index contributed by atoms with van der Waals surface area (Å²) in [6, 6.07) is 15.9. The van der Waals surface area contributed by atoms with Gasteiger partial charge in [-0.2, -0.15) is 0 Å². The van der Waals surface area contributed by atoms with Gasteiger partial charge in [0, 0.05) is 6.54 Å². The molecule has 0 unspecified atom stereocenters. The number of aromatic nitrogens is 2. The maximum Gasteiger partial charge on any atom is 0.185 e. The van der Waals surface area contributed by atoms with Gasteiger partial charge in [0.1, 0.15) is 5.75 Å². The van der Waals surface area contributed by atoms with Crippen LogP contribution >= 0.6 is 0 Å². The summed E-state index contributed by atoms with van der Waals surface area (Å²) in [6.45, 7) is 5.19. The minimum Gasteiger partial charge on any atom is -0.493 e. The van der Waals surface area contributed by atoms with Crippen LogP contribution in [0, 0.1) is 0 Å². The molecule has 0 aliphatic rings. The third-order valence-electron chi connectivity index (χ3n) is 4.16. The zero-order valence-corrected chi connectivity index (χ0v) is 14.2. The van der Waals surface area contributed by atoms with E-state index in [-0.39, 0.29) is 0 Å². The van der Waals surface area contributed by atoms with E-state index >= 15 is 0 Å². The molecule has 1 heterocycles. The fourth-order valence-electron chi connectivity index (χ4n) is 2.94. The van der Waals surface area contributed by atoms with Crippen molar-refractivity contribution in [2.24, 2.45) is 0 Å². The van der Waals surface area contributed by atoms with Crippen molar-refractivity contribution in [1.82, 2.24) is 9.55 Å². The summed E-state index contributed by atoms with van der Waals surface area (Å²) in [5, 5.41) is 0. The number of nitrogens with zero attached hydrogens (tertiary/aromatic N) is 2. The number of aldehydes is 1. The van der Waals surface area contributed by atoms with E-state index < -0.39 is 0 Å². The second-order valence-electron chi connectivity index (χ2n) is 5.88. The summed E-state index contributed by atoms with van der Waals surface area (Å²) in [5.74, 6) is 1.41. The van der Waals surface area contributed by atoms with Crippen LogP contribution in [0.25, 0.3) is 11.0 Å². The lowest BCUT2D eigenvalue weighted by atomic mass is 10.1. The van der Waals surface area contributed by atoms with Gasteiger partial charge in [0.15, 0.2) is 12.1 Å². The first-order valence-electron chi connectivity index (χ1n) is 8.55. The number of unbranched alkanes of at least 4 members (excludes halogenated alkanes) is 1. The lowest BCUT2D eigenvalue weighted by Crippen LogP contribution is -2.06. The van der Waals surface area contributed by atoms with Crippen LogP contribution in [0.5, 0.6) is 5.75 Å². The van der Waals surface area contributed by atoms with Crippen molar-refractivity contribution in [3.8, 4) is 5.75 Å². The Labute approximate surface area is 147 Å². The van der Waals surface area contributed by atoms with Crippen LogP contribution in [0.3, 0.4) is 0 Å². The predicted molar refractivity (Wildman–Crippen MR) is 100 cm³/mol. The molecule has 4 heteroatoms. The first-order valence-corrected chi connectivity index (χ1v) is 8.55. The van der Waals surface area contributed by atoms with E-state index in [0.717, 1.165) is 54.4 Å². The molecule has 0 saturated carbocycles. The van der Waals surface area contributed by atoms with Crippen LogP contribution in [0.1, 0.15) is 29.0 Å². The predicted octanol–water partition coefficient (Wildman–Crippen LogP) is 4.44. The van der Waals surface area contributed by atoms with Crippen molar-refractivity contribution >= 4 is 17.3 Å². The molecule has 0 atom stereocenters. The maximum atomic E-state index is 11.3. The Morgan fingerprint density at radius 2 is 1.88 bits per heavy atom. The second-order valence-corrected chi connectivity index (χ2v) is 5.88. The van der Waals surface area contributed by atoms with Gasteiger partial charge in [-0.1, -0.05) is 36.4 Å². The maximum absolute atomic E-state index is 11.3. The molecule has 0 saturated heterocycles. The summed E-state index contributed by atoms with van der Waals surface area (Å²) in [6.07, 6.45) is 5.34. The smallest absolute Gasteiger partial charge is 0.185 e. The SMILES string of the molecule is C=CCc1ccccc1OCCCCn1c(C=O)nc2ccccc21. The zero-order valence-electron chi connectivity index (χ0n) is 14.2. The molecular formula is C21H22N2O2. The fourth-order valence-corrected chi connectivity index (χ4v) is 2.94. The number of benzene rings is 2. The molecule has 0 bridgehead atoms. The Bertz CT molecular complexity index is 867. The average Bonchev–Trinajstić information content (AvgIpc) is 3.01. The van der Waals surface area contributed by atoms with Gasteiger partial charge in [0.25, 0.3) is 0 Å². The quantitative estimate of drug-likeness (QED) is 0.330. The molecule has 0 radical (unpaired) electrons. The first kappa shape index (κ1) is 17.0. The number of aryl methyl sites for hydroxylation is 1. The van der Waals surface area contributed by atoms with Crippen molar-refractivity contribution in [1.29, 1.82) is 0 Å². The van der Waals surface area contributed by atoms with Crippen molar-refractivity contribution < 1.29 is 9.53 Å². The minimum absolute atomic E-state index is 0.485. The Morgan fingerprint density at radius 1 is 1.08 bits per heavy atom. The number of ether oxygens (including phenoxy) is 1. The molecule has 1 aromatic heterocycles. The monoisotopic (exact) mass is 334 g/mol. The molecule has 0 N–H and O–H groups in total. The first-order chi connectivity index (χ1) is 12.3. The largest absolute Gasteiger partial charge is 0.493 e. The number of imidazole rings is 1. The normalized spacial score (nSPS) is 10.7. The van der Waals surface area contributed by atoms with Crippen molar-refractivity contribution in [2.45, 2.75) is 25.8 Å². The number of carbonyl (C=O) groups excluding carboxylic acids is 1. The van der Waals surface area contributed by atoms with Gasteiger partial charge in [0.05, 0.1) is 17.6 Å². The summed E-state index contributed by atoms with van der Waals surface area (Å²) in [4.78, 5) is 15.6. The van der Waals surface area contributed by atoms with Crippen molar-refractivity contribution in [3.63, 3.8) is 0 Å². The number of hydrogen-bond acceptors (Lipinski definition) is 3. The van der Waals surface area contributed by atoms with Gasteiger partial charge in [-0.25, -0.2) is 4.98 Å². The summed E-state index contributed by atoms with van der Waals surface area (Å²) in [5.41, 5.74) is 3.02. The van der Waals surface area contributed by atoms with E-state index in [1.807, 2.05) is 53.1 Å². The topological polar surface area (TPSA) is 44.1 Å². The summed E-state index contributed by atoms with van der Waals surface area (Å²) in [7, 11) is 0. The lowest BCUT2D eigenvalue weighted by Gasteiger charge is -2.11. The van der Waals surface area contributed by atoms with Gasteiger partial charge in [-0.3, -0.25) is 4.79 Å². The van der Waals surface area contributed by atoms with Gasteiger partial charge < -0.3 is 9.30 Å². The molecule has 3 rings (SSSR count). The molecule has 0 aliphatic heterocycles. The second kappa shape index (κ2) is 8.29. The standard InChI is InChI=1S/C21H22N2O2/c1-2-9-17-10-3-6-13-20(17)25-15-8-7-14-23-19-12-5-4-11-18(19)22-21(23)16-24/h2-6,10-13,16H,1,7-9,14-15H2. The summed E-state index contributed by atoms with van der Waals surface area (Å²) < 4.78 is 7.89. The van der Waals surface area contributed by atoms with Crippen molar-refractivity contribution in [3.05, 3.63) is 72.6 Å². The van der Waals surface area contributed by atoms with Gasteiger partial charge in [0.2, 0.25) is 0 Å². The van der Waals surface area contributed by atoms with E-state index in [2.05, 4.69) is 17.6 Å². The molecule has 2 aromatic carbocycles. The van der Waals surface area contributed by atoms with E-state index in [9.17, 15) is 4.79 Å². The highest BCUT2D eigenvalue weighted by Crippen LogP contribution is 2.19. The van der Waals surface area contributed by atoms with Crippen LogP contribution in [0.2, 0.25) is 0 Å². The van der Waals surface area contributed by atoms with E-state index in [1.54, 1.807) is 0 Å². The Morgan fingerprint density at radius 3 is 2.72 bits per heavy atom. The third kappa shape index (κ3) is 3.97. The third-order valence-corrected chi connectivity index (χ3v) is 4.16. The molecule has 25 heavy (non-hydrogen) atoms. The van der Waals surface area contributed by atoms with Crippen LogP contribution < -0.4 is 4.74 Å². The van der Waals surface area contributed by atoms with Gasteiger partial charge in [-0.05, 0) is 43.0 Å². The molecule has 0 fully saturated rings. The number of carbonyl (C=O) groups is 1. The van der Waals surface area contributed by atoms with Gasteiger partial charge in [-0.15, -0.1) is 6.58 Å². The van der Waals surface area contributed by atoms with E-state index in [4.69, 9.17) is 4.74 Å². The molecule has 0 aliphatic carbocycles.